The van der Waals surface area contributed by atoms with E-state index in [1.165, 1.54) is 18.2 Å². The van der Waals surface area contributed by atoms with Gasteiger partial charge in [-0.25, -0.2) is 9.59 Å². The summed E-state index contributed by atoms with van der Waals surface area (Å²) in [4.78, 5) is 38.6. The Morgan fingerprint density at radius 1 is 0.553 bits per heavy atom. The molecule has 3 aliphatic rings. The van der Waals surface area contributed by atoms with Crippen LogP contribution in [0, 0.1) is 0 Å². The molecule has 3 saturated heterocycles. The Labute approximate surface area is 272 Å². The molecule has 3 aromatic rings. The highest BCUT2D eigenvalue weighted by atomic mass is 16.6. The first-order valence-corrected chi connectivity index (χ1v) is 16.1. The molecular weight excluding hydrogens is 608 g/mol. The summed E-state index contributed by atoms with van der Waals surface area (Å²) in [6.45, 7) is 3.47. The molecule has 0 radical (unpaired) electrons. The molecule has 3 unspecified atom stereocenters. The van der Waals surface area contributed by atoms with Gasteiger partial charge in [0.25, 0.3) is 0 Å². The van der Waals surface area contributed by atoms with Gasteiger partial charge < -0.3 is 37.9 Å². The summed E-state index contributed by atoms with van der Waals surface area (Å²) >= 11 is 0. The van der Waals surface area contributed by atoms with E-state index in [0.717, 1.165) is 45.3 Å². The molecule has 3 aliphatic heterocycles. The van der Waals surface area contributed by atoms with Gasteiger partial charge in [0.15, 0.2) is 11.5 Å². The van der Waals surface area contributed by atoms with Crippen LogP contribution in [0.2, 0.25) is 0 Å². The van der Waals surface area contributed by atoms with Gasteiger partial charge in [-0.05, 0) is 99.2 Å². The number of carbonyl (C=O) groups excluding carboxylic acids is 3. The van der Waals surface area contributed by atoms with Crippen LogP contribution >= 0.6 is 0 Å². The number of benzene rings is 3. The SMILES string of the molecule is O=C(CCCC1CO1)Oc1cc(OC(=O)c2ccc(OCCCC3CO3)cc2)ccc1OC(=O)c1ccc(OCCCC2CO2)cc1. The van der Waals surface area contributed by atoms with Crippen LogP contribution in [-0.4, -0.2) is 69.3 Å². The van der Waals surface area contributed by atoms with Crippen LogP contribution in [0.3, 0.4) is 0 Å². The molecule has 0 spiro atoms. The molecule has 0 aliphatic carbocycles. The van der Waals surface area contributed by atoms with Crippen molar-refractivity contribution < 1.29 is 52.3 Å². The first kappa shape index (κ1) is 32.5. The maximum Gasteiger partial charge on any atom is 0.343 e. The Morgan fingerprint density at radius 3 is 1.53 bits per heavy atom. The van der Waals surface area contributed by atoms with E-state index in [4.69, 9.17) is 37.9 Å². The first-order valence-electron chi connectivity index (χ1n) is 16.1. The van der Waals surface area contributed by atoms with Crippen LogP contribution < -0.4 is 23.7 Å². The van der Waals surface area contributed by atoms with Crippen molar-refractivity contribution in [2.45, 2.75) is 63.3 Å². The second-order valence-electron chi connectivity index (χ2n) is 11.7. The molecule has 3 fully saturated rings. The van der Waals surface area contributed by atoms with Gasteiger partial charge in [-0.1, -0.05) is 0 Å². The molecule has 3 heterocycles. The van der Waals surface area contributed by atoms with E-state index >= 15 is 0 Å². The number of hydrogen-bond acceptors (Lipinski definition) is 11. The summed E-state index contributed by atoms with van der Waals surface area (Å²) in [5.41, 5.74) is 0.592. The van der Waals surface area contributed by atoms with E-state index in [1.54, 1.807) is 48.5 Å². The summed E-state index contributed by atoms with van der Waals surface area (Å²) in [7, 11) is 0. The van der Waals surface area contributed by atoms with Crippen molar-refractivity contribution in [1.29, 1.82) is 0 Å². The molecule has 0 aromatic heterocycles. The summed E-state index contributed by atoms with van der Waals surface area (Å²) in [6.07, 6.45) is 6.11. The molecule has 0 bridgehead atoms. The van der Waals surface area contributed by atoms with Crippen molar-refractivity contribution in [3.63, 3.8) is 0 Å². The molecule has 3 atom stereocenters. The number of epoxide rings is 3. The quantitative estimate of drug-likeness (QED) is 0.0685. The van der Waals surface area contributed by atoms with Gasteiger partial charge in [-0.3, -0.25) is 4.79 Å². The maximum absolute atomic E-state index is 13.0. The topological polar surface area (TPSA) is 135 Å². The van der Waals surface area contributed by atoms with Gasteiger partial charge in [0.2, 0.25) is 0 Å². The molecule has 47 heavy (non-hydrogen) atoms. The third-order valence-corrected chi connectivity index (χ3v) is 7.72. The van der Waals surface area contributed by atoms with Gasteiger partial charge in [0.05, 0.1) is 62.5 Å². The Kier molecular flexibility index (Phi) is 11.0. The van der Waals surface area contributed by atoms with Crippen molar-refractivity contribution in [1.82, 2.24) is 0 Å². The Morgan fingerprint density at radius 2 is 1.02 bits per heavy atom. The van der Waals surface area contributed by atoms with Crippen LogP contribution in [-0.2, 0) is 19.0 Å². The summed E-state index contributed by atoms with van der Waals surface area (Å²) in [5, 5.41) is 0. The third-order valence-electron chi connectivity index (χ3n) is 7.72. The average molecular weight is 647 g/mol. The zero-order valence-corrected chi connectivity index (χ0v) is 26.1. The van der Waals surface area contributed by atoms with Gasteiger partial charge >= 0.3 is 17.9 Å². The van der Waals surface area contributed by atoms with E-state index in [-0.39, 0.29) is 35.3 Å². The molecule has 11 heteroatoms. The second kappa shape index (κ2) is 15.9. The third kappa shape index (κ3) is 10.8. The van der Waals surface area contributed by atoms with Gasteiger partial charge in [-0.15, -0.1) is 0 Å². The normalized spacial score (nSPS) is 18.9. The number of esters is 3. The number of hydrogen-bond donors (Lipinski definition) is 0. The molecule has 0 saturated carbocycles. The standard InChI is InChI=1S/C36H38O11/c37-34(7-1-4-29-21-42-29)46-33-20-28(45-35(38)24-8-12-26(13-9-24)40-18-2-5-30-22-43-30)16-17-32(33)47-36(39)25-10-14-27(15-11-25)41-19-3-6-31-23-44-31/h8-17,20,29-31H,1-7,18-19,21-23H2. The van der Waals surface area contributed by atoms with Crippen molar-refractivity contribution in [3.8, 4) is 28.7 Å². The molecule has 0 N–H and O–H groups in total. The highest BCUT2D eigenvalue weighted by Gasteiger charge is 2.24. The molecule has 11 nitrogen and oxygen atoms in total. The first-order chi connectivity index (χ1) is 23.0. The van der Waals surface area contributed by atoms with E-state index in [2.05, 4.69) is 0 Å². The van der Waals surface area contributed by atoms with Gasteiger partial charge in [0.1, 0.15) is 17.2 Å². The van der Waals surface area contributed by atoms with E-state index in [1.807, 2.05) is 0 Å². The summed E-state index contributed by atoms with van der Waals surface area (Å²) in [5.74, 6) is -0.425. The highest BCUT2D eigenvalue weighted by molar-refractivity contribution is 5.92. The average Bonchev–Trinajstić information content (AvgIpc) is 3.92. The molecule has 0 amide bonds. The van der Waals surface area contributed by atoms with Crippen LogP contribution in [0.15, 0.2) is 66.7 Å². The van der Waals surface area contributed by atoms with Crippen LogP contribution in [0.4, 0.5) is 0 Å². The summed E-state index contributed by atoms with van der Waals surface area (Å²) < 4.78 is 43.9. The largest absolute Gasteiger partial charge is 0.494 e. The lowest BCUT2D eigenvalue weighted by Gasteiger charge is -2.13. The van der Waals surface area contributed by atoms with Crippen LogP contribution in [0.25, 0.3) is 0 Å². The monoisotopic (exact) mass is 646 g/mol. The fourth-order valence-electron chi connectivity index (χ4n) is 4.77. The lowest BCUT2D eigenvalue weighted by atomic mass is 10.2. The minimum Gasteiger partial charge on any atom is -0.494 e. The van der Waals surface area contributed by atoms with E-state index in [9.17, 15) is 14.4 Å². The molecular formula is C36H38O11. The fraction of sp³-hybridized carbons (Fsp3) is 0.417. The lowest BCUT2D eigenvalue weighted by Crippen LogP contribution is -2.13. The van der Waals surface area contributed by atoms with Crippen molar-refractivity contribution in [2.75, 3.05) is 33.0 Å². The minimum atomic E-state index is -0.654. The van der Waals surface area contributed by atoms with Crippen LogP contribution in [0.5, 0.6) is 28.7 Å². The highest BCUT2D eigenvalue weighted by Crippen LogP contribution is 2.33. The number of ether oxygens (including phenoxy) is 8. The second-order valence-corrected chi connectivity index (χ2v) is 11.7. The maximum atomic E-state index is 13.0. The fourth-order valence-corrected chi connectivity index (χ4v) is 4.77. The molecule has 6 rings (SSSR count). The van der Waals surface area contributed by atoms with E-state index < -0.39 is 17.9 Å². The smallest absolute Gasteiger partial charge is 0.343 e. The predicted octanol–water partition coefficient (Wildman–Crippen LogP) is 5.72. The molecule has 248 valence electrons. The zero-order valence-electron chi connectivity index (χ0n) is 26.1. The van der Waals surface area contributed by atoms with Gasteiger partial charge in [-0.2, -0.15) is 0 Å². The van der Waals surface area contributed by atoms with Gasteiger partial charge in [0, 0.05) is 12.5 Å². The zero-order chi connectivity index (χ0) is 32.4. The predicted molar refractivity (Wildman–Crippen MR) is 167 cm³/mol. The minimum absolute atomic E-state index is 0.00560. The molecule has 3 aromatic carbocycles. The Hall–Kier alpha value is -4.45. The summed E-state index contributed by atoms with van der Waals surface area (Å²) in [6, 6.07) is 17.5. The van der Waals surface area contributed by atoms with Crippen molar-refractivity contribution in [2.24, 2.45) is 0 Å². The number of carbonyl (C=O) groups is 3. The Bertz CT molecular complexity index is 1510. The van der Waals surface area contributed by atoms with Crippen molar-refractivity contribution >= 4 is 17.9 Å². The van der Waals surface area contributed by atoms with Crippen molar-refractivity contribution in [3.05, 3.63) is 77.9 Å². The lowest BCUT2D eigenvalue weighted by molar-refractivity contribution is -0.134. The number of rotatable bonds is 19. The van der Waals surface area contributed by atoms with Crippen LogP contribution in [0.1, 0.15) is 65.7 Å². The van der Waals surface area contributed by atoms with E-state index in [0.29, 0.717) is 55.5 Å². The Balaban J connectivity index is 1.06.